The van der Waals surface area contributed by atoms with Crippen molar-refractivity contribution in [1.29, 1.82) is 0 Å². The molecule has 1 amide bonds. The fourth-order valence-corrected chi connectivity index (χ4v) is 3.13. The summed E-state index contributed by atoms with van der Waals surface area (Å²) >= 11 is 1.66. The molecule has 2 heterocycles. The van der Waals surface area contributed by atoms with Crippen LogP contribution in [-0.4, -0.2) is 10.9 Å². The zero-order valence-electron chi connectivity index (χ0n) is 11.1. The normalized spacial score (nSPS) is 10.7. The third-order valence-electron chi connectivity index (χ3n) is 3.17. The van der Waals surface area contributed by atoms with E-state index in [9.17, 15) is 4.79 Å². The molecule has 0 spiro atoms. The Morgan fingerprint density at radius 1 is 1.20 bits per heavy atom. The van der Waals surface area contributed by atoms with Crippen LogP contribution in [-0.2, 0) is 4.79 Å². The summed E-state index contributed by atoms with van der Waals surface area (Å²) in [6.07, 6.45) is 3.88. The van der Waals surface area contributed by atoms with Crippen molar-refractivity contribution in [2.45, 2.75) is 13.3 Å². The maximum absolute atomic E-state index is 12.4. The van der Waals surface area contributed by atoms with Gasteiger partial charge in [0.25, 0.3) is 0 Å². The molecule has 3 nitrogen and oxygen atoms in total. The SMILES string of the molecule is CCC(=O)N(c1ccncc1)c1csc2ccccc12. The molecule has 0 aliphatic heterocycles. The van der Waals surface area contributed by atoms with E-state index in [-0.39, 0.29) is 5.91 Å². The Kier molecular flexibility index (Phi) is 3.48. The van der Waals surface area contributed by atoms with Crippen LogP contribution < -0.4 is 4.90 Å². The fraction of sp³-hybridized carbons (Fsp3) is 0.125. The van der Waals surface area contributed by atoms with Crippen LogP contribution in [0.3, 0.4) is 0 Å². The van der Waals surface area contributed by atoms with Gasteiger partial charge in [-0.3, -0.25) is 14.7 Å². The van der Waals surface area contributed by atoms with E-state index < -0.39 is 0 Å². The lowest BCUT2D eigenvalue weighted by Crippen LogP contribution is -2.24. The van der Waals surface area contributed by atoms with Gasteiger partial charge >= 0.3 is 0 Å². The van der Waals surface area contributed by atoms with Crippen LogP contribution in [0.25, 0.3) is 10.1 Å². The summed E-state index contributed by atoms with van der Waals surface area (Å²) in [5.41, 5.74) is 1.80. The summed E-state index contributed by atoms with van der Waals surface area (Å²) in [5.74, 6) is 0.0831. The molecule has 3 rings (SSSR count). The quantitative estimate of drug-likeness (QED) is 0.714. The van der Waals surface area contributed by atoms with Gasteiger partial charge in [0.2, 0.25) is 5.91 Å². The van der Waals surface area contributed by atoms with E-state index in [1.165, 1.54) is 4.70 Å². The van der Waals surface area contributed by atoms with Gasteiger partial charge in [-0.1, -0.05) is 25.1 Å². The van der Waals surface area contributed by atoms with Crippen LogP contribution >= 0.6 is 11.3 Å². The van der Waals surface area contributed by atoms with Crippen molar-refractivity contribution in [3.05, 3.63) is 54.2 Å². The summed E-state index contributed by atoms with van der Waals surface area (Å²) in [5, 5.41) is 3.15. The molecule has 0 atom stereocenters. The van der Waals surface area contributed by atoms with Crippen molar-refractivity contribution in [2.24, 2.45) is 0 Å². The van der Waals surface area contributed by atoms with Gasteiger partial charge in [-0.2, -0.15) is 0 Å². The second kappa shape index (κ2) is 5.43. The number of aromatic nitrogens is 1. The van der Waals surface area contributed by atoms with E-state index in [0.717, 1.165) is 16.8 Å². The largest absolute Gasteiger partial charge is 0.279 e. The van der Waals surface area contributed by atoms with Crippen LogP contribution in [0.15, 0.2) is 54.2 Å². The average Bonchev–Trinajstić information content (AvgIpc) is 2.92. The highest BCUT2D eigenvalue weighted by atomic mass is 32.1. The lowest BCUT2D eigenvalue weighted by Gasteiger charge is -2.21. The minimum atomic E-state index is 0.0831. The molecular weight excluding hydrogens is 268 g/mol. The van der Waals surface area contributed by atoms with Crippen molar-refractivity contribution in [2.75, 3.05) is 4.90 Å². The van der Waals surface area contributed by atoms with Gasteiger partial charge in [-0.25, -0.2) is 0 Å². The molecule has 2 aromatic heterocycles. The van der Waals surface area contributed by atoms with Crippen LogP contribution in [0.5, 0.6) is 0 Å². The topological polar surface area (TPSA) is 33.2 Å². The summed E-state index contributed by atoms with van der Waals surface area (Å²) in [6.45, 7) is 1.88. The van der Waals surface area contributed by atoms with E-state index in [1.807, 2.05) is 36.6 Å². The van der Waals surface area contributed by atoms with Gasteiger partial charge in [0, 0.05) is 34.3 Å². The van der Waals surface area contributed by atoms with Gasteiger partial charge in [-0.15, -0.1) is 11.3 Å². The molecule has 0 aliphatic carbocycles. The van der Waals surface area contributed by atoms with Crippen molar-refractivity contribution in [3.63, 3.8) is 0 Å². The molecule has 100 valence electrons. The summed E-state index contributed by atoms with van der Waals surface area (Å²) < 4.78 is 1.19. The van der Waals surface area contributed by atoms with Crippen molar-refractivity contribution < 1.29 is 4.79 Å². The van der Waals surface area contributed by atoms with Gasteiger partial charge < -0.3 is 0 Å². The van der Waals surface area contributed by atoms with Crippen molar-refractivity contribution >= 4 is 38.7 Å². The van der Waals surface area contributed by atoms with Gasteiger partial charge in [0.1, 0.15) is 0 Å². The van der Waals surface area contributed by atoms with Crippen LogP contribution in [0.2, 0.25) is 0 Å². The summed E-state index contributed by atoms with van der Waals surface area (Å²) in [4.78, 5) is 18.2. The number of anilines is 2. The molecule has 4 heteroatoms. The number of nitrogens with zero attached hydrogens (tertiary/aromatic N) is 2. The third kappa shape index (κ3) is 2.18. The zero-order chi connectivity index (χ0) is 13.9. The highest BCUT2D eigenvalue weighted by Crippen LogP contribution is 2.36. The Labute approximate surface area is 121 Å². The number of benzene rings is 1. The second-order valence-electron chi connectivity index (χ2n) is 4.41. The molecule has 20 heavy (non-hydrogen) atoms. The first-order chi connectivity index (χ1) is 9.81. The minimum absolute atomic E-state index is 0.0831. The number of amides is 1. The molecule has 0 unspecified atom stereocenters. The average molecular weight is 282 g/mol. The highest BCUT2D eigenvalue weighted by molar-refractivity contribution is 7.17. The number of fused-ring (bicyclic) bond motifs is 1. The molecule has 0 fully saturated rings. The molecule has 0 bridgehead atoms. The molecular formula is C16H14N2OS. The lowest BCUT2D eigenvalue weighted by atomic mass is 10.2. The second-order valence-corrected chi connectivity index (χ2v) is 5.32. The molecule has 0 radical (unpaired) electrons. The van der Waals surface area contributed by atoms with Gasteiger partial charge in [0.05, 0.1) is 11.4 Å². The molecule has 0 N–H and O–H groups in total. The van der Waals surface area contributed by atoms with Crippen molar-refractivity contribution in [1.82, 2.24) is 4.98 Å². The maximum Gasteiger partial charge on any atom is 0.231 e. The standard InChI is InChI=1S/C16H14N2OS/c1-2-16(19)18(12-7-9-17-10-8-12)14-11-20-15-6-4-3-5-13(14)15/h3-11H,2H2,1H3. The first kappa shape index (κ1) is 12.8. The maximum atomic E-state index is 12.4. The Hall–Kier alpha value is -2.20. The van der Waals surface area contributed by atoms with Crippen LogP contribution in [0.4, 0.5) is 11.4 Å². The van der Waals surface area contributed by atoms with Gasteiger partial charge in [0.15, 0.2) is 0 Å². The number of hydrogen-bond donors (Lipinski definition) is 0. The van der Waals surface area contributed by atoms with Gasteiger partial charge in [-0.05, 0) is 18.2 Å². The Bertz CT molecular complexity index is 736. The number of carbonyl (C=O) groups excluding carboxylic acids is 1. The number of rotatable bonds is 3. The molecule has 3 aromatic rings. The van der Waals surface area contributed by atoms with E-state index in [1.54, 1.807) is 28.6 Å². The molecule has 0 saturated carbocycles. The zero-order valence-corrected chi connectivity index (χ0v) is 11.9. The molecule has 0 aliphatic rings. The molecule has 1 aromatic carbocycles. The Morgan fingerprint density at radius 3 is 2.70 bits per heavy atom. The van der Waals surface area contributed by atoms with E-state index in [0.29, 0.717) is 6.42 Å². The predicted molar refractivity (Wildman–Crippen MR) is 83.5 cm³/mol. The number of pyridine rings is 1. The van der Waals surface area contributed by atoms with Crippen molar-refractivity contribution in [3.8, 4) is 0 Å². The third-order valence-corrected chi connectivity index (χ3v) is 4.13. The van der Waals surface area contributed by atoms with E-state index in [2.05, 4.69) is 17.1 Å². The minimum Gasteiger partial charge on any atom is -0.279 e. The number of hydrogen-bond acceptors (Lipinski definition) is 3. The Balaban J connectivity index is 2.17. The summed E-state index contributed by atoms with van der Waals surface area (Å²) in [6, 6.07) is 11.9. The lowest BCUT2D eigenvalue weighted by molar-refractivity contribution is -0.117. The summed E-state index contributed by atoms with van der Waals surface area (Å²) in [7, 11) is 0. The predicted octanol–water partition coefficient (Wildman–Crippen LogP) is 4.37. The first-order valence-corrected chi connectivity index (χ1v) is 7.38. The van der Waals surface area contributed by atoms with E-state index >= 15 is 0 Å². The monoisotopic (exact) mass is 282 g/mol. The first-order valence-electron chi connectivity index (χ1n) is 6.50. The van der Waals surface area contributed by atoms with Crippen LogP contribution in [0, 0.1) is 0 Å². The van der Waals surface area contributed by atoms with Crippen LogP contribution in [0.1, 0.15) is 13.3 Å². The molecule has 0 saturated heterocycles. The Morgan fingerprint density at radius 2 is 1.95 bits per heavy atom. The highest BCUT2D eigenvalue weighted by Gasteiger charge is 2.19. The van der Waals surface area contributed by atoms with E-state index in [4.69, 9.17) is 0 Å². The number of carbonyl (C=O) groups is 1. The fourth-order valence-electron chi connectivity index (χ4n) is 2.21. The number of thiophene rings is 1. The smallest absolute Gasteiger partial charge is 0.231 e.